The summed E-state index contributed by atoms with van der Waals surface area (Å²) in [5.74, 6) is -0.124. The third kappa shape index (κ3) is 3.93. The number of alkyl halides is 3. The van der Waals surface area contributed by atoms with Gasteiger partial charge in [0.15, 0.2) is 0 Å². The maximum absolute atomic E-state index is 12.2. The number of nitrogens with two attached hydrogens (primary N) is 1. The van der Waals surface area contributed by atoms with Gasteiger partial charge in [-0.05, 0) is 12.0 Å². The lowest BCUT2D eigenvalue weighted by atomic mass is 9.93. The van der Waals surface area contributed by atoms with Crippen LogP contribution in [0.1, 0.15) is 31.9 Å². The first-order valence-corrected chi connectivity index (χ1v) is 5.45. The molecule has 0 bridgehead atoms. The van der Waals surface area contributed by atoms with E-state index in [2.05, 4.69) is 4.74 Å². The first-order valence-electron chi connectivity index (χ1n) is 5.45. The highest BCUT2D eigenvalue weighted by Crippen LogP contribution is 2.32. The minimum atomic E-state index is -4.69. The van der Waals surface area contributed by atoms with Gasteiger partial charge < -0.3 is 10.5 Å². The second-order valence-electron chi connectivity index (χ2n) is 4.00. The van der Waals surface area contributed by atoms with Crippen molar-refractivity contribution in [1.29, 1.82) is 0 Å². The third-order valence-corrected chi connectivity index (χ3v) is 2.76. The number of ether oxygens (including phenoxy) is 1. The highest BCUT2D eigenvalue weighted by molar-refractivity contribution is 5.36. The molecule has 0 spiro atoms. The summed E-state index contributed by atoms with van der Waals surface area (Å²) in [6.07, 6.45) is -3.90. The topological polar surface area (TPSA) is 35.2 Å². The van der Waals surface area contributed by atoms with E-state index < -0.39 is 12.4 Å². The number of hydrogen-bond donors (Lipinski definition) is 1. The summed E-state index contributed by atoms with van der Waals surface area (Å²) in [4.78, 5) is 0. The average Bonchev–Trinajstić information content (AvgIpc) is 2.25. The smallest absolute Gasteiger partial charge is 0.405 e. The molecule has 1 aromatic rings. The van der Waals surface area contributed by atoms with E-state index in [0.29, 0.717) is 5.56 Å². The average molecular weight is 247 g/mol. The first kappa shape index (κ1) is 13.8. The molecule has 2 atom stereocenters. The largest absolute Gasteiger partial charge is 0.573 e. The lowest BCUT2D eigenvalue weighted by Crippen LogP contribution is -2.23. The number of rotatable bonds is 4. The Hall–Kier alpha value is -1.23. The second kappa shape index (κ2) is 5.40. The Kier molecular flexibility index (Phi) is 4.40. The van der Waals surface area contributed by atoms with Crippen LogP contribution in [0.15, 0.2) is 24.3 Å². The molecular formula is C12H16F3NO. The van der Waals surface area contributed by atoms with Crippen molar-refractivity contribution in [3.05, 3.63) is 29.8 Å². The van der Waals surface area contributed by atoms with Crippen LogP contribution in [0.3, 0.4) is 0 Å². The zero-order chi connectivity index (χ0) is 13.1. The predicted molar refractivity (Wildman–Crippen MR) is 59.5 cm³/mol. The monoisotopic (exact) mass is 247 g/mol. The number of benzene rings is 1. The molecule has 0 heterocycles. The van der Waals surface area contributed by atoms with E-state index in [-0.39, 0.29) is 11.7 Å². The molecule has 0 aliphatic carbocycles. The van der Waals surface area contributed by atoms with Crippen molar-refractivity contribution in [3.8, 4) is 5.75 Å². The van der Waals surface area contributed by atoms with E-state index in [4.69, 9.17) is 5.73 Å². The molecule has 1 aromatic carbocycles. The quantitative estimate of drug-likeness (QED) is 0.881. The summed E-state index contributed by atoms with van der Waals surface area (Å²) in [6, 6.07) is 5.54. The SMILES string of the molecule is CCC(C)C(N)c1ccccc1OC(F)(F)F. The minimum absolute atomic E-state index is 0.0907. The molecule has 2 unspecified atom stereocenters. The van der Waals surface area contributed by atoms with Gasteiger partial charge in [-0.15, -0.1) is 13.2 Å². The predicted octanol–water partition coefficient (Wildman–Crippen LogP) is 3.63. The molecule has 2 nitrogen and oxygen atoms in total. The lowest BCUT2D eigenvalue weighted by molar-refractivity contribution is -0.275. The van der Waals surface area contributed by atoms with E-state index in [1.165, 1.54) is 12.1 Å². The molecule has 0 radical (unpaired) electrons. The van der Waals surface area contributed by atoms with Gasteiger partial charge in [0.25, 0.3) is 0 Å². The fourth-order valence-corrected chi connectivity index (χ4v) is 1.53. The first-order chi connectivity index (χ1) is 7.85. The van der Waals surface area contributed by atoms with Crippen LogP contribution in [0.5, 0.6) is 5.75 Å². The summed E-state index contributed by atoms with van der Waals surface area (Å²) < 4.78 is 40.6. The van der Waals surface area contributed by atoms with Gasteiger partial charge in [-0.1, -0.05) is 38.5 Å². The molecule has 0 saturated heterocycles. The van der Waals surface area contributed by atoms with Crippen molar-refractivity contribution in [3.63, 3.8) is 0 Å². The third-order valence-electron chi connectivity index (χ3n) is 2.76. The van der Waals surface area contributed by atoms with Crippen molar-refractivity contribution < 1.29 is 17.9 Å². The molecule has 1 rings (SSSR count). The van der Waals surface area contributed by atoms with Crippen molar-refractivity contribution in [2.75, 3.05) is 0 Å². The van der Waals surface area contributed by atoms with Crippen LogP contribution < -0.4 is 10.5 Å². The fraction of sp³-hybridized carbons (Fsp3) is 0.500. The van der Waals surface area contributed by atoms with Gasteiger partial charge in [-0.2, -0.15) is 0 Å². The highest BCUT2D eigenvalue weighted by Gasteiger charge is 2.32. The molecule has 96 valence electrons. The van der Waals surface area contributed by atoms with Gasteiger partial charge >= 0.3 is 6.36 Å². The standard InChI is InChI=1S/C12H16F3NO/c1-3-8(2)11(16)9-6-4-5-7-10(9)17-12(13,14)15/h4-8,11H,3,16H2,1-2H3. The van der Waals surface area contributed by atoms with Crippen LogP contribution in [0.4, 0.5) is 13.2 Å². The normalized spacial score (nSPS) is 15.4. The van der Waals surface area contributed by atoms with Crippen LogP contribution in [0, 0.1) is 5.92 Å². The Morgan fingerprint density at radius 2 is 1.88 bits per heavy atom. The second-order valence-corrected chi connectivity index (χ2v) is 4.00. The Labute approximate surface area is 98.6 Å². The summed E-state index contributed by atoms with van der Waals surface area (Å²) in [7, 11) is 0. The van der Waals surface area contributed by atoms with Crippen LogP contribution >= 0.6 is 0 Å². The van der Waals surface area contributed by atoms with Crippen LogP contribution in [-0.2, 0) is 0 Å². The zero-order valence-corrected chi connectivity index (χ0v) is 9.79. The highest BCUT2D eigenvalue weighted by atomic mass is 19.4. The van der Waals surface area contributed by atoms with Gasteiger partial charge in [-0.3, -0.25) is 0 Å². The molecule has 0 aliphatic rings. The van der Waals surface area contributed by atoms with Crippen LogP contribution in [0.25, 0.3) is 0 Å². The van der Waals surface area contributed by atoms with Gasteiger partial charge in [0.1, 0.15) is 5.75 Å². The molecule has 0 aromatic heterocycles. The Balaban J connectivity index is 2.99. The van der Waals surface area contributed by atoms with Crippen molar-refractivity contribution in [2.24, 2.45) is 11.7 Å². The summed E-state index contributed by atoms with van der Waals surface area (Å²) >= 11 is 0. The van der Waals surface area contributed by atoms with E-state index in [1.54, 1.807) is 12.1 Å². The van der Waals surface area contributed by atoms with Crippen molar-refractivity contribution in [2.45, 2.75) is 32.7 Å². The number of hydrogen-bond acceptors (Lipinski definition) is 2. The minimum Gasteiger partial charge on any atom is -0.405 e. The van der Waals surface area contributed by atoms with Crippen molar-refractivity contribution in [1.82, 2.24) is 0 Å². The van der Waals surface area contributed by atoms with Gasteiger partial charge in [-0.25, -0.2) is 0 Å². The number of para-hydroxylation sites is 1. The lowest BCUT2D eigenvalue weighted by Gasteiger charge is -2.22. The molecular weight excluding hydrogens is 231 g/mol. The Bertz CT molecular complexity index is 365. The summed E-state index contributed by atoms with van der Waals surface area (Å²) in [5.41, 5.74) is 6.31. The van der Waals surface area contributed by atoms with Gasteiger partial charge in [0.2, 0.25) is 0 Å². The van der Waals surface area contributed by atoms with E-state index >= 15 is 0 Å². The molecule has 0 saturated carbocycles. The van der Waals surface area contributed by atoms with Crippen LogP contribution in [0.2, 0.25) is 0 Å². The van der Waals surface area contributed by atoms with Crippen molar-refractivity contribution >= 4 is 0 Å². The molecule has 0 amide bonds. The molecule has 0 aliphatic heterocycles. The summed E-state index contributed by atoms with van der Waals surface area (Å²) in [5, 5.41) is 0. The molecule has 5 heteroatoms. The van der Waals surface area contributed by atoms with E-state index in [9.17, 15) is 13.2 Å². The molecule has 0 fully saturated rings. The van der Waals surface area contributed by atoms with Gasteiger partial charge in [0.05, 0.1) is 0 Å². The maximum atomic E-state index is 12.2. The zero-order valence-electron chi connectivity index (χ0n) is 9.79. The van der Waals surface area contributed by atoms with E-state index in [0.717, 1.165) is 6.42 Å². The van der Waals surface area contributed by atoms with E-state index in [1.807, 2.05) is 13.8 Å². The molecule has 17 heavy (non-hydrogen) atoms. The van der Waals surface area contributed by atoms with Crippen LogP contribution in [-0.4, -0.2) is 6.36 Å². The fourth-order valence-electron chi connectivity index (χ4n) is 1.53. The Morgan fingerprint density at radius 3 is 2.41 bits per heavy atom. The maximum Gasteiger partial charge on any atom is 0.573 e. The van der Waals surface area contributed by atoms with Gasteiger partial charge in [0, 0.05) is 11.6 Å². The molecule has 2 N–H and O–H groups in total. The summed E-state index contributed by atoms with van der Waals surface area (Å²) in [6.45, 7) is 3.84. The Morgan fingerprint density at radius 1 is 1.29 bits per heavy atom. The number of halogens is 3.